The second-order valence-electron chi connectivity index (χ2n) is 3.84. The molecular weight excluding hydrogens is 285 g/mol. The summed E-state index contributed by atoms with van der Waals surface area (Å²) in [6.07, 6.45) is 0. The van der Waals surface area contributed by atoms with E-state index in [4.69, 9.17) is 0 Å². The van der Waals surface area contributed by atoms with E-state index in [0.29, 0.717) is 5.56 Å². The Balaban J connectivity index is 2.82. The van der Waals surface area contributed by atoms with Crippen molar-refractivity contribution in [3.8, 4) is 11.1 Å². The molecule has 2 aromatic carbocycles. The Morgan fingerprint density at radius 2 is 1.68 bits per heavy atom. The van der Waals surface area contributed by atoms with Crippen LogP contribution < -0.4 is 5.30 Å². The third-order valence-electron chi connectivity index (χ3n) is 2.59. The summed E-state index contributed by atoms with van der Waals surface area (Å²) in [5, 5.41) is 11.1. The summed E-state index contributed by atoms with van der Waals surface area (Å²) >= 11 is 4.68. The van der Waals surface area contributed by atoms with Crippen molar-refractivity contribution >= 4 is 29.3 Å². The highest BCUT2D eigenvalue weighted by molar-refractivity contribution is 8.12. The topological polar surface area (TPSA) is 83.6 Å². The molecule has 19 heavy (non-hydrogen) atoms. The summed E-state index contributed by atoms with van der Waals surface area (Å²) in [4.78, 5) is 29.9. The number of nitro groups is 1. The van der Waals surface area contributed by atoms with Gasteiger partial charge in [-0.05, 0) is 23.4 Å². The number of nitro benzene ring substituents is 1. The van der Waals surface area contributed by atoms with E-state index >= 15 is 0 Å². The Morgan fingerprint density at radius 1 is 1.05 bits per heavy atom. The Morgan fingerprint density at radius 3 is 2.21 bits per heavy atom. The van der Waals surface area contributed by atoms with Crippen molar-refractivity contribution in [2.75, 3.05) is 0 Å². The van der Waals surface area contributed by atoms with Gasteiger partial charge in [0.2, 0.25) is 6.49 Å². The Hall–Kier alpha value is -1.59. The zero-order valence-corrected chi connectivity index (χ0v) is 11.3. The van der Waals surface area contributed by atoms with Gasteiger partial charge in [-0.1, -0.05) is 36.4 Å². The van der Waals surface area contributed by atoms with Gasteiger partial charge in [0, 0.05) is 6.07 Å². The fraction of sp³-hybridized carbons (Fsp3) is 0. The monoisotopic (exact) mass is 295 g/mol. The molecule has 0 bridgehead atoms. The maximum absolute atomic E-state index is 11.1. The molecule has 7 heteroatoms. The molecule has 0 spiro atoms. The molecule has 0 saturated carbocycles. The average molecular weight is 295 g/mol. The molecule has 98 valence electrons. The van der Waals surface area contributed by atoms with Crippen molar-refractivity contribution in [3.63, 3.8) is 0 Å². The van der Waals surface area contributed by atoms with Crippen molar-refractivity contribution in [1.29, 1.82) is 0 Å². The fourth-order valence-electron chi connectivity index (χ4n) is 1.82. The summed E-state index contributed by atoms with van der Waals surface area (Å²) in [6.45, 7) is -3.76. The first-order valence-electron chi connectivity index (χ1n) is 5.30. The molecule has 0 unspecified atom stereocenters. The predicted molar refractivity (Wildman–Crippen MR) is 76.9 cm³/mol. The van der Waals surface area contributed by atoms with E-state index in [1.165, 1.54) is 18.2 Å². The molecular formula is C12H10NO4PS. The molecule has 0 aromatic heterocycles. The number of nitrogens with zero attached hydrogens (tertiary/aromatic N) is 1. The zero-order valence-electron chi connectivity index (χ0n) is 9.63. The standard InChI is InChI=1S/C12H10NO4PS/c14-13(15)10-7-4-8-11(18(16,17)19)12(10)9-5-2-1-3-6-9/h1-8H,(H2,16,17,19). The van der Waals surface area contributed by atoms with E-state index in [0.717, 1.165) is 0 Å². The lowest BCUT2D eigenvalue weighted by atomic mass is 10.0. The number of hydrogen-bond donors (Lipinski definition) is 2. The lowest BCUT2D eigenvalue weighted by Gasteiger charge is -2.13. The normalized spacial score (nSPS) is 11.3. The molecule has 0 saturated heterocycles. The summed E-state index contributed by atoms with van der Waals surface area (Å²) < 4.78 is 0. The van der Waals surface area contributed by atoms with E-state index in [1.54, 1.807) is 30.3 Å². The highest BCUT2D eigenvalue weighted by Crippen LogP contribution is 2.41. The Bertz CT molecular complexity index is 669. The van der Waals surface area contributed by atoms with E-state index in [-0.39, 0.29) is 16.6 Å². The fourth-order valence-corrected chi connectivity index (χ4v) is 3.10. The molecule has 2 N–H and O–H groups in total. The summed E-state index contributed by atoms with van der Waals surface area (Å²) in [6, 6.07) is 12.7. The largest absolute Gasteiger partial charge is 0.342 e. The minimum Gasteiger partial charge on any atom is -0.342 e. The van der Waals surface area contributed by atoms with Gasteiger partial charge in [0.15, 0.2) is 0 Å². The van der Waals surface area contributed by atoms with Gasteiger partial charge >= 0.3 is 0 Å². The third-order valence-corrected chi connectivity index (χ3v) is 4.18. The van der Waals surface area contributed by atoms with Crippen LogP contribution in [0.4, 0.5) is 5.69 Å². The first-order valence-corrected chi connectivity index (χ1v) is 8.01. The van der Waals surface area contributed by atoms with Crippen molar-refractivity contribution in [2.24, 2.45) is 0 Å². The van der Waals surface area contributed by atoms with Gasteiger partial charge in [-0.3, -0.25) is 10.1 Å². The third kappa shape index (κ3) is 2.88. The molecule has 2 aromatic rings. The minimum absolute atomic E-state index is 0.0305. The Labute approximate surface area is 114 Å². The van der Waals surface area contributed by atoms with Crippen LogP contribution in [0.1, 0.15) is 0 Å². The number of hydrogen-bond acceptors (Lipinski definition) is 3. The van der Waals surface area contributed by atoms with E-state index in [2.05, 4.69) is 11.8 Å². The quantitative estimate of drug-likeness (QED) is 0.515. The highest BCUT2D eigenvalue weighted by Gasteiger charge is 2.25. The smallest absolute Gasteiger partial charge is 0.278 e. The summed E-state index contributed by atoms with van der Waals surface area (Å²) in [7, 11) is 0. The lowest BCUT2D eigenvalue weighted by molar-refractivity contribution is -0.384. The van der Waals surface area contributed by atoms with E-state index in [1.807, 2.05) is 0 Å². The predicted octanol–water partition coefficient (Wildman–Crippen LogP) is 2.18. The second kappa shape index (κ2) is 5.19. The molecule has 2 rings (SSSR count). The summed E-state index contributed by atoms with van der Waals surface area (Å²) in [5.41, 5.74) is 0.504. The molecule has 0 aliphatic heterocycles. The van der Waals surface area contributed by atoms with Gasteiger partial charge < -0.3 is 9.79 Å². The lowest BCUT2D eigenvalue weighted by Crippen LogP contribution is -2.10. The first-order chi connectivity index (χ1) is 8.91. The molecule has 0 fully saturated rings. The average Bonchev–Trinajstić information content (AvgIpc) is 2.37. The van der Waals surface area contributed by atoms with Gasteiger partial charge in [-0.15, -0.1) is 0 Å². The van der Waals surface area contributed by atoms with Crippen LogP contribution in [0.25, 0.3) is 11.1 Å². The first kappa shape index (κ1) is 13.8. The van der Waals surface area contributed by atoms with Crippen LogP contribution in [0.3, 0.4) is 0 Å². The molecule has 0 aliphatic carbocycles. The van der Waals surface area contributed by atoms with Crippen LogP contribution in [-0.2, 0) is 11.8 Å². The second-order valence-corrected chi connectivity index (χ2v) is 6.94. The Kier molecular flexibility index (Phi) is 3.78. The molecule has 0 atom stereocenters. The van der Waals surface area contributed by atoms with Gasteiger partial charge in [0.1, 0.15) is 0 Å². The van der Waals surface area contributed by atoms with Crippen molar-refractivity contribution in [2.45, 2.75) is 0 Å². The van der Waals surface area contributed by atoms with Crippen LogP contribution in [-0.4, -0.2) is 14.7 Å². The molecule has 0 heterocycles. The van der Waals surface area contributed by atoms with Crippen LogP contribution >= 0.6 is 6.49 Å². The van der Waals surface area contributed by atoms with E-state index < -0.39 is 11.4 Å². The van der Waals surface area contributed by atoms with Gasteiger partial charge in [-0.25, -0.2) is 0 Å². The van der Waals surface area contributed by atoms with E-state index in [9.17, 15) is 19.9 Å². The zero-order chi connectivity index (χ0) is 14.0. The highest BCUT2D eigenvalue weighted by atomic mass is 32.5. The maximum Gasteiger partial charge on any atom is 0.278 e. The maximum atomic E-state index is 11.1. The van der Waals surface area contributed by atoms with Crippen LogP contribution in [0.2, 0.25) is 0 Å². The van der Waals surface area contributed by atoms with Crippen LogP contribution in [0.5, 0.6) is 0 Å². The van der Waals surface area contributed by atoms with Crippen molar-refractivity contribution in [1.82, 2.24) is 0 Å². The molecule has 0 radical (unpaired) electrons. The molecule has 0 aliphatic rings. The van der Waals surface area contributed by atoms with Crippen LogP contribution in [0, 0.1) is 10.1 Å². The van der Waals surface area contributed by atoms with Gasteiger partial charge in [0.25, 0.3) is 5.69 Å². The van der Waals surface area contributed by atoms with Crippen molar-refractivity contribution in [3.05, 3.63) is 58.6 Å². The minimum atomic E-state index is -3.76. The van der Waals surface area contributed by atoms with Gasteiger partial charge in [0.05, 0.1) is 15.8 Å². The van der Waals surface area contributed by atoms with Crippen LogP contribution in [0.15, 0.2) is 48.5 Å². The summed E-state index contributed by atoms with van der Waals surface area (Å²) in [5.74, 6) is 0. The molecule has 0 amide bonds. The van der Waals surface area contributed by atoms with Crippen molar-refractivity contribution < 1.29 is 14.7 Å². The number of rotatable bonds is 3. The number of benzene rings is 2. The van der Waals surface area contributed by atoms with Gasteiger partial charge in [-0.2, -0.15) is 0 Å². The molecule has 5 nitrogen and oxygen atoms in total. The SMILES string of the molecule is O=[N+]([O-])c1cccc(P(O)(O)=S)c1-c1ccccc1.